The second-order valence-corrected chi connectivity index (χ2v) is 34.2. The number of nitrogens with zero attached hydrogens (tertiary/aromatic N) is 4. The Balaban J connectivity index is 0.00000580. The minimum absolute atomic E-state index is 0. The number of hydrogen-bond donors (Lipinski definition) is 2. The average Bonchev–Trinajstić information content (AvgIpc) is 1.55. The van der Waals surface area contributed by atoms with Crippen LogP contribution in [-0.2, 0) is 52.0 Å². The number of allylic oxidation sites excluding steroid dienone is 16. The van der Waals surface area contributed by atoms with Crippen LogP contribution in [0.4, 0.5) is 22.7 Å². The molecule has 0 amide bonds. The van der Waals surface area contributed by atoms with Gasteiger partial charge in [-0.25, -0.2) is 8.42 Å². The van der Waals surface area contributed by atoms with Crippen LogP contribution in [0.15, 0.2) is 241 Å². The molecule has 0 bridgehead atoms. The van der Waals surface area contributed by atoms with Crippen LogP contribution in [0.3, 0.4) is 0 Å². The molecule has 4 heterocycles. The molecule has 8 aromatic rings. The molecule has 4 aliphatic rings. The molecule has 2 N–H and O–H groups in total. The van der Waals surface area contributed by atoms with Crippen molar-refractivity contribution >= 4 is 108 Å². The molecule has 18 heteroatoms. The van der Waals surface area contributed by atoms with Gasteiger partial charge in [-0.2, -0.15) is 32.4 Å². The third kappa shape index (κ3) is 16.7. The minimum atomic E-state index is -4.44. The normalized spacial score (nSPS) is 17.9. The van der Waals surface area contributed by atoms with Crippen molar-refractivity contribution in [3.05, 3.63) is 270 Å². The van der Waals surface area contributed by atoms with Crippen molar-refractivity contribution in [1.29, 1.82) is 0 Å². The smallest absolute Gasteiger partial charge is 0.748 e. The van der Waals surface area contributed by atoms with Crippen molar-refractivity contribution in [1.82, 2.24) is 0 Å². The third-order valence-electron chi connectivity index (χ3n) is 21.2. The monoisotopic (exact) mass is 1470 g/mol. The maximum absolute atomic E-state index is 12.0. The molecule has 0 fully saturated rings. The number of unbranched alkanes of at least 4 members (excludes halogenated alkanes) is 4. The molecule has 0 saturated carbocycles. The fourth-order valence-electron chi connectivity index (χ4n) is 16.5. The second kappa shape index (κ2) is 32.5. The second-order valence-electron chi connectivity index (χ2n) is 29.5. The van der Waals surface area contributed by atoms with E-state index in [4.69, 9.17) is 0 Å². The van der Waals surface area contributed by atoms with Crippen LogP contribution in [0.2, 0.25) is 0 Å². The van der Waals surface area contributed by atoms with Gasteiger partial charge in [-0.05, 0) is 155 Å². The molecular formula is C86H94N4Na2O9S3+2. The summed E-state index contributed by atoms with van der Waals surface area (Å²) in [6, 6.07) is 51.2. The van der Waals surface area contributed by atoms with Crippen molar-refractivity contribution < 1.29 is 107 Å². The van der Waals surface area contributed by atoms with Gasteiger partial charge in [-0.15, -0.1) is 0 Å². The van der Waals surface area contributed by atoms with Gasteiger partial charge in [0.1, 0.15) is 13.1 Å². The number of rotatable bonds is 27. The van der Waals surface area contributed by atoms with Gasteiger partial charge in [-0.3, -0.25) is 9.11 Å². The van der Waals surface area contributed by atoms with Gasteiger partial charge in [0.05, 0.1) is 32.5 Å². The van der Waals surface area contributed by atoms with Gasteiger partial charge in [0, 0.05) is 101 Å². The largest absolute Gasteiger partial charge is 1.00 e. The molecule has 104 heavy (non-hydrogen) atoms. The maximum atomic E-state index is 12.0. The third-order valence-corrected chi connectivity index (χ3v) is 23.6. The Labute approximate surface area is 660 Å². The summed E-state index contributed by atoms with van der Waals surface area (Å²) >= 11 is 0. The van der Waals surface area contributed by atoms with E-state index in [0.29, 0.717) is 45.3 Å². The zero-order valence-corrected chi connectivity index (χ0v) is 68.3. The van der Waals surface area contributed by atoms with E-state index in [1.165, 1.54) is 33.2 Å². The molecule has 0 aliphatic carbocycles. The average molecular weight is 1470 g/mol. The molecule has 0 saturated heterocycles. The molecule has 0 atom stereocenters. The topological polar surface area (TPSA) is 178 Å². The van der Waals surface area contributed by atoms with Crippen molar-refractivity contribution in [2.45, 2.75) is 128 Å². The van der Waals surface area contributed by atoms with Crippen LogP contribution >= 0.6 is 0 Å². The van der Waals surface area contributed by atoms with Crippen LogP contribution < -0.4 is 68.9 Å². The van der Waals surface area contributed by atoms with E-state index in [1.54, 1.807) is 0 Å². The van der Waals surface area contributed by atoms with E-state index >= 15 is 0 Å². The van der Waals surface area contributed by atoms with Crippen LogP contribution in [0.5, 0.6) is 0 Å². The number of fused-ring (bicyclic) bond motifs is 12. The zero-order chi connectivity index (χ0) is 72.6. The van der Waals surface area contributed by atoms with Crippen molar-refractivity contribution in [3.8, 4) is 0 Å². The standard InChI is InChI=1S/C86H94N4O9S3.2Na/c1-10-11-54-87-71-48-42-65-34-14-20-38-69(65)81(71)85(6,7)77(87)52-46-61(30-16-22-40-75-83(2,3)79-67-36-18-12-32-63(67)43-49-72(79)88(75)55-24-27-58-100(91,92)93)62(47-53-78-86(8,9)82-70-39-21-15-35-66(70)45-51-74(82)90(78)57-26-29-60-102(97,98)99)31-17-23-41-76-84(4,5)80-68-37-19-13-33-64(68)44-50-73(80)89(76)56-25-28-59-101(94,95)96;;/h12-23,30-53H,1,10-11,24-29,54-60H2,2-9H3,(H2-,91,92,93,94,95,96,97,98,99);;/q;2*+1. The molecule has 12 rings (SSSR count). The molecule has 0 radical (unpaired) electrons. The predicted octanol–water partition coefficient (Wildman–Crippen LogP) is 12.5. The Hall–Kier alpha value is -6.61. The minimum Gasteiger partial charge on any atom is -0.748 e. The summed E-state index contributed by atoms with van der Waals surface area (Å²) in [6.07, 6.45) is 29.8. The summed E-state index contributed by atoms with van der Waals surface area (Å²) in [4.78, 5) is 4.76. The summed E-state index contributed by atoms with van der Waals surface area (Å²) in [5.74, 6) is -1.10. The van der Waals surface area contributed by atoms with E-state index in [1.807, 2.05) is 18.2 Å². The first-order valence-corrected chi connectivity index (χ1v) is 40.4. The van der Waals surface area contributed by atoms with Gasteiger partial charge in [0.2, 0.25) is 11.4 Å². The van der Waals surface area contributed by atoms with Crippen LogP contribution in [0, 0.1) is 6.92 Å². The van der Waals surface area contributed by atoms with Crippen molar-refractivity contribution in [3.63, 3.8) is 0 Å². The Morgan fingerprint density at radius 3 is 1.14 bits per heavy atom. The van der Waals surface area contributed by atoms with E-state index < -0.39 is 57.8 Å². The molecule has 4 aliphatic heterocycles. The van der Waals surface area contributed by atoms with Crippen LogP contribution in [0.25, 0.3) is 43.1 Å². The van der Waals surface area contributed by atoms with E-state index in [2.05, 4.69) is 282 Å². The quantitative estimate of drug-likeness (QED) is 0.0125. The fraction of sp³-hybridized carbons (Fsp3) is 0.314. The summed E-state index contributed by atoms with van der Waals surface area (Å²) in [5.41, 5.74) is 13.1. The molecular weight excluding hydrogens is 1380 g/mol. The molecule has 530 valence electrons. The van der Waals surface area contributed by atoms with E-state index in [9.17, 15) is 38.9 Å². The maximum Gasteiger partial charge on any atom is 1.00 e. The number of benzene rings is 8. The van der Waals surface area contributed by atoms with Crippen LogP contribution in [0.1, 0.15) is 129 Å². The van der Waals surface area contributed by atoms with Gasteiger partial charge in [0.15, 0.2) is 11.4 Å². The SMILES string of the molecule is [CH2-]CCCN1/C(=C/C=C(\C=C\C=C\C2=[N+](CCCCS(=O)(=O)O)c3ccc4ccccc4c3C2(C)C)C(/C=C/C=C/C2=[N+](CCCCS(=O)(=O)O)c3ccc4ccccc4c3C2(C)C)=C/C=C2/N(CCCCS(=O)(=O)[O-])c3ccc4ccccc4c3C2(C)C)C(C)(C)c2c1ccc1ccccc21.[Na+].[Na+]. The molecule has 0 aromatic heterocycles. The summed E-state index contributed by atoms with van der Waals surface area (Å²) in [5, 5.41) is 9.14. The van der Waals surface area contributed by atoms with E-state index in [-0.39, 0.29) is 83.5 Å². The first kappa shape index (κ1) is 79.9. The Morgan fingerprint density at radius 2 is 0.779 bits per heavy atom. The molecule has 0 spiro atoms. The van der Waals surface area contributed by atoms with Gasteiger partial charge >= 0.3 is 59.1 Å². The Kier molecular flexibility index (Phi) is 24.9. The molecule has 8 aromatic carbocycles. The van der Waals surface area contributed by atoms with Crippen molar-refractivity contribution in [2.24, 2.45) is 0 Å². The molecule has 13 nitrogen and oxygen atoms in total. The fourth-order valence-corrected chi connectivity index (χ4v) is 18.2. The van der Waals surface area contributed by atoms with Gasteiger partial charge in [0.25, 0.3) is 20.2 Å². The van der Waals surface area contributed by atoms with Gasteiger partial charge in [-0.1, -0.05) is 192 Å². The Bertz CT molecular complexity index is 5340. The first-order valence-electron chi connectivity index (χ1n) is 35.6. The van der Waals surface area contributed by atoms with Gasteiger partial charge < -0.3 is 21.3 Å². The first-order chi connectivity index (χ1) is 48.5. The zero-order valence-electron chi connectivity index (χ0n) is 61.9. The van der Waals surface area contributed by atoms with Crippen LogP contribution in [-0.4, -0.2) is 103 Å². The Morgan fingerprint density at radius 1 is 0.433 bits per heavy atom. The summed E-state index contributed by atoms with van der Waals surface area (Å²) < 4.78 is 108. The number of hydrogen-bond acceptors (Lipinski definition) is 9. The summed E-state index contributed by atoms with van der Waals surface area (Å²) in [6.45, 7) is 24.6. The molecule has 0 unspecified atom stereocenters. The predicted molar refractivity (Wildman–Crippen MR) is 421 cm³/mol. The van der Waals surface area contributed by atoms with E-state index in [0.717, 1.165) is 108 Å². The summed E-state index contributed by atoms with van der Waals surface area (Å²) in [7, 11) is -12.7. The van der Waals surface area contributed by atoms with Crippen molar-refractivity contribution in [2.75, 3.05) is 53.2 Å². The number of anilines is 2.